The Hall–Kier alpha value is -1.31. The third kappa shape index (κ3) is 4.48. The third-order valence-corrected chi connectivity index (χ3v) is 5.98. The second kappa shape index (κ2) is 9.88. The topological polar surface area (TPSA) is 153 Å². The van der Waals surface area contributed by atoms with Crippen LogP contribution in [0.2, 0.25) is 0 Å². The molecule has 0 amide bonds. The van der Waals surface area contributed by atoms with E-state index in [1.54, 1.807) is 0 Å². The fourth-order valence-corrected chi connectivity index (χ4v) is 4.33. The van der Waals surface area contributed by atoms with Gasteiger partial charge < -0.3 is 48.8 Å². The number of carbonyl (C=O) groups excluding carboxylic acids is 1. The van der Waals surface area contributed by atoms with Crippen molar-refractivity contribution < 1.29 is 53.6 Å². The Morgan fingerprint density at radius 1 is 1.13 bits per heavy atom. The van der Waals surface area contributed by atoms with Crippen LogP contribution in [0.1, 0.15) is 13.3 Å². The van der Waals surface area contributed by atoms with Crippen molar-refractivity contribution >= 4 is 5.97 Å². The lowest BCUT2D eigenvalue weighted by Crippen LogP contribution is -2.59. The zero-order valence-electron chi connectivity index (χ0n) is 17.1. The fraction of sp³-hybridized carbons (Fsp3) is 0.842. The Morgan fingerprint density at radius 2 is 1.87 bits per heavy atom. The molecule has 4 N–H and O–H groups in total. The average molecular weight is 434 g/mol. The van der Waals surface area contributed by atoms with E-state index in [-0.39, 0.29) is 24.5 Å². The molecular weight excluding hydrogens is 404 g/mol. The van der Waals surface area contributed by atoms with Gasteiger partial charge in [-0.1, -0.05) is 0 Å². The summed E-state index contributed by atoms with van der Waals surface area (Å²) in [6.07, 6.45) is -6.48. The average Bonchev–Trinajstić information content (AvgIpc) is 2.76. The van der Waals surface area contributed by atoms with Crippen LogP contribution in [0.3, 0.4) is 0 Å². The summed E-state index contributed by atoms with van der Waals surface area (Å²) in [5.74, 6) is -1.04. The lowest BCUT2D eigenvalue weighted by Gasteiger charge is -2.46. The predicted octanol–water partition coefficient (Wildman–Crippen LogP) is -1.73. The Balaban J connectivity index is 1.73. The monoisotopic (exact) mass is 434 g/mol. The van der Waals surface area contributed by atoms with E-state index in [0.29, 0.717) is 12.0 Å². The van der Waals surface area contributed by atoms with Crippen LogP contribution in [0, 0.1) is 11.8 Å². The van der Waals surface area contributed by atoms with Crippen molar-refractivity contribution in [2.45, 2.75) is 62.5 Å². The van der Waals surface area contributed by atoms with Gasteiger partial charge in [-0.3, -0.25) is 0 Å². The molecule has 11 nitrogen and oxygen atoms in total. The van der Waals surface area contributed by atoms with Gasteiger partial charge >= 0.3 is 5.97 Å². The van der Waals surface area contributed by atoms with Crippen molar-refractivity contribution in [1.29, 1.82) is 0 Å². The van der Waals surface area contributed by atoms with E-state index in [4.69, 9.17) is 28.4 Å². The molecule has 2 saturated heterocycles. The van der Waals surface area contributed by atoms with E-state index in [0.717, 1.165) is 0 Å². The summed E-state index contributed by atoms with van der Waals surface area (Å²) >= 11 is 0. The molecule has 0 spiro atoms. The lowest BCUT2D eigenvalue weighted by molar-refractivity contribution is -0.308. The maximum atomic E-state index is 12.2. The Kier molecular flexibility index (Phi) is 7.69. The van der Waals surface area contributed by atoms with Gasteiger partial charge in [-0.2, -0.15) is 0 Å². The maximum absolute atomic E-state index is 12.2. The minimum absolute atomic E-state index is 0.0554. The minimum atomic E-state index is -1.54. The molecule has 0 aliphatic carbocycles. The predicted molar refractivity (Wildman–Crippen MR) is 97.6 cm³/mol. The van der Waals surface area contributed by atoms with Gasteiger partial charge in [0.1, 0.15) is 30.5 Å². The van der Waals surface area contributed by atoms with Crippen LogP contribution >= 0.6 is 0 Å². The molecule has 30 heavy (non-hydrogen) atoms. The third-order valence-electron chi connectivity index (χ3n) is 5.98. The Morgan fingerprint density at radius 3 is 2.50 bits per heavy atom. The molecular formula is C19H30O11. The molecule has 3 heterocycles. The van der Waals surface area contributed by atoms with Gasteiger partial charge in [0.25, 0.3) is 0 Å². The summed E-state index contributed by atoms with van der Waals surface area (Å²) < 4.78 is 32.8. The molecule has 3 aliphatic heterocycles. The molecule has 0 saturated carbocycles. The summed E-state index contributed by atoms with van der Waals surface area (Å²) in [4.78, 5) is 12.2. The van der Waals surface area contributed by atoms with E-state index < -0.39 is 55.7 Å². The van der Waals surface area contributed by atoms with Crippen LogP contribution in [0.5, 0.6) is 0 Å². The largest absolute Gasteiger partial charge is 0.495 e. The van der Waals surface area contributed by atoms with E-state index >= 15 is 0 Å². The highest BCUT2D eigenvalue weighted by atomic mass is 16.7. The number of ether oxygens (including phenoxy) is 6. The molecule has 3 aliphatic rings. The highest BCUT2D eigenvalue weighted by molar-refractivity contribution is 5.88. The van der Waals surface area contributed by atoms with Crippen LogP contribution in [0.15, 0.2) is 11.8 Å². The summed E-state index contributed by atoms with van der Waals surface area (Å²) in [6, 6.07) is 0. The standard InChI is InChI=1S/C19H30O11/c1-8-14-9(4-13(25-2)29-8)10(18(24)26-3)6-27-12(14)7-28-19-17(23)16(22)15(21)11(5-20)30-19/h6,8-9,11-17,19-23H,4-5,7H2,1-3H3. The maximum Gasteiger partial charge on any atom is 0.337 e. The number of hydrogen-bond donors (Lipinski definition) is 4. The zero-order chi connectivity index (χ0) is 22.0. The number of carbonyl (C=O) groups is 1. The van der Waals surface area contributed by atoms with Crippen molar-refractivity contribution in [3.8, 4) is 0 Å². The van der Waals surface area contributed by atoms with E-state index in [1.807, 2.05) is 6.92 Å². The SMILES string of the molecule is COC(=O)C1=COC(COC2OC(CO)C(O)C(O)C2O)C2C(C)OC(OC)CC12. The second-order valence-electron chi connectivity index (χ2n) is 7.70. The fourth-order valence-electron chi connectivity index (χ4n) is 4.33. The van der Waals surface area contributed by atoms with Crippen LogP contribution in [0.4, 0.5) is 0 Å². The van der Waals surface area contributed by atoms with Gasteiger partial charge in [-0.05, 0) is 6.92 Å². The number of hydrogen-bond acceptors (Lipinski definition) is 11. The van der Waals surface area contributed by atoms with Crippen molar-refractivity contribution in [3.05, 3.63) is 11.8 Å². The normalized spacial score (nSPS) is 43.9. The smallest absolute Gasteiger partial charge is 0.337 e. The number of aliphatic hydroxyl groups excluding tert-OH is 4. The molecule has 2 fully saturated rings. The van der Waals surface area contributed by atoms with Gasteiger partial charge in [0, 0.05) is 25.4 Å². The van der Waals surface area contributed by atoms with Crippen LogP contribution in [-0.2, 0) is 33.2 Å². The first-order valence-corrected chi connectivity index (χ1v) is 9.86. The quantitative estimate of drug-likeness (QED) is 0.353. The van der Waals surface area contributed by atoms with E-state index in [2.05, 4.69) is 0 Å². The van der Waals surface area contributed by atoms with Crippen molar-refractivity contribution in [2.75, 3.05) is 27.4 Å². The van der Waals surface area contributed by atoms with Gasteiger partial charge in [-0.15, -0.1) is 0 Å². The van der Waals surface area contributed by atoms with Gasteiger partial charge in [0.15, 0.2) is 12.6 Å². The van der Waals surface area contributed by atoms with Gasteiger partial charge in [0.05, 0.1) is 38.3 Å². The molecule has 0 aromatic carbocycles. The highest BCUT2D eigenvalue weighted by Crippen LogP contribution is 2.42. The molecule has 0 aromatic rings. The van der Waals surface area contributed by atoms with Crippen LogP contribution < -0.4 is 0 Å². The minimum Gasteiger partial charge on any atom is -0.495 e. The van der Waals surface area contributed by atoms with Crippen molar-refractivity contribution in [1.82, 2.24) is 0 Å². The Bertz CT molecular complexity index is 624. The zero-order valence-corrected chi connectivity index (χ0v) is 17.1. The van der Waals surface area contributed by atoms with E-state index in [1.165, 1.54) is 20.5 Å². The number of methoxy groups -OCH3 is 2. The summed E-state index contributed by atoms with van der Waals surface area (Å²) in [6.45, 7) is 1.23. The number of fused-ring (bicyclic) bond motifs is 1. The van der Waals surface area contributed by atoms with Crippen LogP contribution in [-0.4, -0.2) is 103 Å². The summed E-state index contributed by atoms with van der Waals surface area (Å²) in [7, 11) is 2.82. The molecule has 11 heteroatoms. The first kappa shape index (κ1) is 23.4. The number of rotatable bonds is 6. The second-order valence-corrected chi connectivity index (χ2v) is 7.70. The van der Waals surface area contributed by atoms with Gasteiger partial charge in [-0.25, -0.2) is 4.79 Å². The molecule has 0 aromatic heterocycles. The lowest BCUT2D eigenvalue weighted by atomic mass is 9.74. The van der Waals surface area contributed by atoms with Crippen molar-refractivity contribution in [2.24, 2.45) is 11.8 Å². The molecule has 0 radical (unpaired) electrons. The highest BCUT2D eigenvalue weighted by Gasteiger charge is 2.49. The molecule has 172 valence electrons. The summed E-state index contributed by atoms with van der Waals surface area (Å²) in [5, 5.41) is 39.3. The summed E-state index contributed by atoms with van der Waals surface area (Å²) in [5.41, 5.74) is 0.379. The van der Waals surface area contributed by atoms with Gasteiger partial charge in [0.2, 0.25) is 0 Å². The molecule has 10 unspecified atom stereocenters. The first-order valence-electron chi connectivity index (χ1n) is 9.86. The molecule has 0 bridgehead atoms. The first-order chi connectivity index (χ1) is 14.3. The molecule has 3 rings (SSSR count). The Labute approximate surface area is 174 Å². The molecule has 10 atom stereocenters. The van der Waals surface area contributed by atoms with Crippen LogP contribution in [0.25, 0.3) is 0 Å². The number of aliphatic hydroxyl groups is 4. The number of esters is 1. The van der Waals surface area contributed by atoms with E-state index in [9.17, 15) is 25.2 Å². The van der Waals surface area contributed by atoms with Crippen molar-refractivity contribution in [3.63, 3.8) is 0 Å².